The quantitative estimate of drug-likeness (QED) is 0.218. The molecule has 68 heavy (non-hydrogen) atoms. The second-order valence-corrected chi connectivity index (χ2v) is 17.0. The number of aromatic nitrogens is 4. The third-order valence-electron chi connectivity index (χ3n) is 12.7. The van der Waals surface area contributed by atoms with Crippen molar-refractivity contribution in [1.82, 2.24) is 9.13 Å². The van der Waals surface area contributed by atoms with Gasteiger partial charge < -0.3 is 34.0 Å². The molecule has 0 atom stereocenters. The number of hydrogen-bond donors (Lipinski definition) is 0. The molecule has 0 fully saturated rings. The fraction of sp³-hybridized carbons (Fsp3) is 0.0690. The Balaban J connectivity index is 0.00000289. The van der Waals surface area contributed by atoms with E-state index in [0.29, 0.717) is 70.7 Å². The van der Waals surface area contributed by atoms with Crippen LogP contribution in [0.15, 0.2) is 207 Å². The van der Waals surface area contributed by atoms with Crippen LogP contribution in [0, 0.1) is 0 Å². The minimum absolute atomic E-state index is 0. The second-order valence-electron chi connectivity index (χ2n) is 17.0. The summed E-state index contributed by atoms with van der Waals surface area (Å²) in [5.74, 6) is -0.436. The minimum atomic E-state index is -0.109. The van der Waals surface area contributed by atoms with Gasteiger partial charge in [0.15, 0.2) is 45.2 Å². The topological polar surface area (TPSA) is 85.9 Å². The summed E-state index contributed by atoms with van der Waals surface area (Å²) in [7, 11) is 0. The van der Waals surface area contributed by atoms with E-state index in [4.69, 9.17) is 0 Å². The molecule has 0 radical (unpaired) electrons. The van der Waals surface area contributed by atoms with E-state index in [1.807, 2.05) is 121 Å². The van der Waals surface area contributed by atoms with Crippen LogP contribution >= 0.6 is 0 Å². The largest absolute Gasteiger partial charge is 1.00 e. The maximum absolute atomic E-state index is 13.6. The van der Waals surface area contributed by atoms with Crippen LogP contribution in [-0.4, -0.2) is 32.3 Å². The first-order valence-electron chi connectivity index (χ1n) is 22.0. The molecule has 2 aromatic heterocycles. The molecule has 16 bridgehead atoms. The molecule has 0 amide bonds. The zero-order chi connectivity index (χ0) is 44.7. The summed E-state index contributed by atoms with van der Waals surface area (Å²) in [6, 6.07) is 61.1. The van der Waals surface area contributed by atoms with Crippen LogP contribution in [0.1, 0.15) is 85.9 Å². The number of nitrogens with zero attached hydrogens (tertiary/aromatic N) is 4. The number of hydrogen-bond acceptors (Lipinski definition) is 4. The zero-order valence-corrected chi connectivity index (χ0v) is 39.8. The maximum atomic E-state index is 13.6. The van der Waals surface area contributed by atoms with E-state index in [2.05, 4.69) is 55.2 Å². The number of imidazole rings is 2. The van der Waals surface area contributed by atoms with Crippen LogP contribution in [0.25, 0.3) is 22.1 Å². The number of para-hydroxylation sites is 4. The Bertz CT molecular complexity index is 3040. The van der Waals surface area contributed by atoms with Gasteiger partial charge in [-0.15, -0.1) is 0 Å². The van der Waals surface area contributed by atoms with Crippen LogP contribution in [0.4, 0.5) is 0 Å². The van der Waals surface area contributed by atoms with Gasteiger partial charge in [-0.05, 0) is 46.5 Å². The molecule has 20 rings (SSSR count). The van der Waals surface area contributed by atoms with E-state index < -0.39 is 0 Å². The normalized spacial score (nSPS) is 12.9. The molecule has 332 valence electrons. The molecule has 10 aliphatic heterocycles. The Morgan fingerprint density at radius 1 is 0.294 bits per heavy atom. The molecule has 8 nitrogen and oxygen atoms in total. The summed E-state index contributed by atoms with van der Waals surface area (Å²) in [4.78, 5) is 54.4. The van der Waals surface area contributed by atoms with Gasteiger partial charge in [-0.25, -0.2) is 18.3 Å². The highest BCUT2D eigenvalue weighted by Gasteiger charge is 2.20. The van der Waals surface area contributed by atoms with E-state index in [0.717, 1.165) is 44.3 Å². The van der Waals surface area contributed by atoms with Gasteiger partial charge in [0.25, 0.3) is 0 Å². The van der Waals surface area contributed by atoms with Gasteiger partial charge in [0, 0.05) is 44.5 Å². The monoisotopic (exact) mass is 1020 g/mol. The molecule has 10 aliphatic rings. The van der Waals surface area contributed by atoms with Crippen molar-refractivity contribution in [3.8, 4) is 0 Å². The summed E-state index contributed by atoms with van der Waals surface area (Å²) in [5.41, 5.74) is 12.8. The Kier molecular flexibility index (Phi) is 12.9. The molecule has 8 aromatic carbocycles. The number of carbonyl (C=O) groups excluding carboxylic acids is 4. The minimum Gasteiger partial charge on any atom is -1.00 e. The fourth-order valence-corrected chi connectivity index (χ4v) is 9.03. The van der Waals surface area contributed by atoms with Gasteiger partial charge in [-0.2, -0.15) is 0 Å². The number of carbonyl (C=O) groups is 4. The van der Waals surface area contributed by atoms with Crippen molar-refractivity contribution in [2.75, 3.05) is 0 Å². The van der Waals surface area contributed by atoms with Gasteiger partial charge in [-0.3, -0.25) is 19.2 Å². The number of halogens is 2. The van der Waals surface area contributed by atoms with E-state index in [1.54, 1.807) is 48.5 Å². The SMILES string of the molecule is O=C1c2ccc(cc2)Cn2c[n+](c3ccccc32)Cc2ccc(cc2)C(=O)c2ccc(cc2)C(=O)c2ccc(cc2)Cn2c[n+](c3ccccc32)Cc2ccc(cc2)C(=O)c2ccc1cc2.[Br-].[Br-]. The van der Waals surface area contributed by atoms with Crippen LogP contribution in [-0.2, 0) is 26.2 Å². The molecule has 10 aromatic rings. The number of benzene rings is 8. The second kappa shape index (κ2) is 19.3. The Hall–Kier alpha value is -7.66. The Morgan fingerprint density at radius 3 is 0.809 bits per heavy atom. The summed E-state index contributed by atoms with van der Waals surface area (Å²) in [5, 5.41) is 0. The standard InChI is InChI=1S/C58H42N4O4.2BrH/c63-55-43-17-9-39(10-18-43)33-59-37-60(52-6-2-1-5-51(52)59)34-40-11-19-44(20-12-40)56(64)48-29-31-50(32-30-48)58(66)46-23-15-42(16-24-46)36-62-38-61(53-7-3-4-8-54(53)62)35-41-13-21-45(22-14-41)57(65)49-27-25-47(55)26-28-49;;/h1-32,37-38H,33-36H2;2*1H/q+2;;/p-2. The van der Waals surface area contributed by atoms with E-state index >= 15 is 0 Å². The number of rotatable bonds is 0. The highest BCUT2D eigenvalue weighted by atomic mass is 79.9. The van der Waals surface area contributed by atoms with Crippen LogP contribution in [0.3, 0.4) is 0 Å². The molecular weight excluding hydrogens is 976 g/mol. The highest BCUT2D eigenvalue weighted by Crippen LogP contribution is 2.21. The molecule has 12 heterocycles. The first-order chi connectivity index (χ1) is 32.3. The lowest BCUT2D eigenvalue weighted by molar-refractivity contribution is -0.663. The Labute approximate surface area is 413 Å². The molecule has 0 saturated carbocycles. The van der Waals surface area contributed by atoms with Crippen LogP contribution < -0.4 is 43.1 Å². The molecule has 0 N–H and O–H groups in total. The van der Waals surface area contributed by atoms with Crippen LogP contribution in [0.2, 0.25) is 0 Å². The van der Waals surface area contributed by atoms with Crippen LogP contribution in [0.5, 0.6) is 0 Å². The van der Waals surface area contributed by atoms with Crippen molar-refractivity contribution in [3.63, 3.8) is 0 Å². The smallest absolute Gasteiger partial charge is 0.245 e. The first kappa shape index (κ1) is 45.5. The van der Waals surface area contributed by atoms with E-state index in [9.17, 15) is 19.2 Å². The predicted octanol–water partition coefficient (Wildman–Crippen LogP) is 3.61. The van der Waals surface area contributed by atoms with E-state index in [1.165, 1.54) is 0 Å². The first-order valence-corrected chi connectivity index (χ1v) is 22.0. The maximum Gasteiger partial charge on any atom is 0.245 e. The summed E-state index contributed by atoms with van der Waals surface area (Å²) in [6.07, 6.45) is 4.21. The van der Waals surface area contributed by atoms with Gasteiger partial charge >= 0.3 is 0 Å². The van der Waals surface area contributed by atoms with Gasteiger partial charge in [0.05, 0.1) is 0 Å². The highest BCUT2D eigenvalue weighted by molar-refractivity contribution is 6.13. The fourth-order valence-electron chi connectivity index (χ4n) is 9.03. The summed E-state index contributed by atoms with van der Waals surface area (Å²) < 4.78 is 8.80. The van der Waals surface area contributed by atoms with Crippen molar-refractivity contribution in [1.29, 1.82) is 0 Å². The molecule has 0 unspecified atom stereocenters. The third kappa shape index (κ3) is 8.96. The summed E-state index contributed by atoms with van der Waals surface area (Å²) in [6.45, 7) is 2.42. The lowest BCUT2D eigenvalue weighted by Gasteiger charge is -2.06. The Morgan fingerprint density at radius 2 is 0.529 bits per heavy atom. The molecule has 0 aliphatic carbocycles. The molecule has 10 heteroatoms. The molecular formula is C58H42Br2N4O4. The van der Waals surface area contributed by atoms with Gasteiger partial charge in [0.1, 0.15) is 26.2 Å². The van der Waals surface area contributed by atoms with Gasteiger partial charge in [0.2, 0.25) is 12.7 Å². The number of fused-ring (bicyclic) bond motifs is 2. The predicted molar refractivity (Wildman–Crippen MR) is 253 cm³/mol. The lowest BCUT2D eigenvalue weighted by atomic mass is 9.97. The van der Waals surface area contributed by atoms with Crippen molar-refractivity contribution in [2.45, 2.75) is 26.2 Å². The molecule has 0 spiro atoms. The summed E-state index contributed by atoms with van der Waals surface area (Å²) >= 11 is 0. The van der Waals surface area contributed by atoms with Gasteiger partial charge in [-0.1, -0.05) is 170 Å². The van der Waals surface area contributed by atoms with Crippen molar-refractivity contribution in [2.24, 2.45) is 0 Å². The average molecular weight is 1020 g/mol. The third-order valence-corrected chi connectivity index (χ3v) is 12.7. The van der Waals surface area contributed by atoms with Crippen molar-refractivity contribution in [3.05, 3.63) is 274 Å². The zero-order valence-electron chi connectivity index (χ0n) is 36.6. The lowest BCUT2D eigenvalue weighted by Crippen LogP contribution is -3.00. The average Bonchev–Trinajstić information content (AvgIpc) is 3.89. The molecule has 0 saturated heterocycles. The van der Waals surface area contributed by atoms with Crippen molar-refractivity contribution < 1.29 is 62.3 Å². The van der Waals surface area contributed by atoms with E-state index in [-0.39, 0.29) is 57.1 Å². The number of ketones is 4. The van der Waals surface area contributed by atoms with Crippen molar-refractivity contribution >= 4 is 45.2 Å².